The molecule has 1 nitrogen and oxygen atoms in total. The number of halogens is 3. The number of nitrogens with two attached hydrogens (primary N) is 1. The molecule has 0 amide bonds. The van der Waals surface area contributed by atoms with Gasteiger partial charge in [0.25, 0.3) is 0 Å². The smallest absolute Gasteiger partial charge is 0.142 e. The van der Waals surface area contributed by atoms with Crippen LogP contribution >= 0.6 is 15.9 Å². The Morgan fingerprint density at radius 1 is 1.31 bits per heavy atom. The normalized spacial score (nSPS) is 9.23. The van der Waals surface area contributed by atoms with Crippen molar-refractivity contribution in [3.63, 3.8) is 0 Å². The Bertz CT molecular complexity index is 356. The average molecular weight is 246 g/mol. The van der Waals surface area contributed by atoms with Gasteiger partial charge in [-0.05, 0) is 12.1 Å². The molecule has 0 atom stereocenters. The molecule has 4 heteroatoms. The second-order valence-electron chi connectivity index (χ2n) is 2.25. The zero-order valence-corrected chi connectivity index (χ0v) is 8.16. The molecule has 2 N–H and O–H groups in total. The highest BCUT2D eigenvalue weighted by molar-refractivity contribution is 9.10. The minimum atomic E-state index is -0.687. The summed E-state index contributed by atoms with van der Waals surface area (Å²) in [5, 5.41) is 0. The molecule has 0 saturated heterocycles. The van der Waals surface area contributed by atoms with E-state index in [0.717, 1.165) is 12.1 Å². The largest absolute Gasteiger partial charge is 0.320 e. The summed E-state index contributed by atoms with van der Waals surface area (Å²) in [6.07, 6.45) is 0. The summed E-state index contributed by atoms with van der Waals surface area (Å²) >= 11 is 2.96. The molecule has 0 aliphatic carbocycles. The van der Waals surface area contributed by atoms with Crippen LogP contribution in [0.25, 0.3) is 0 Å². The summed E-state index contributed by atoms with van der Waals surface area (Å²) < 4.78 is 26.4. The van der Waals surface area contributed by atoms with Crippen LogP contribution in [0.1, 0.15) is 5.56 Å². The van der Waals surface area contributed by atoms with E-state index < -0.39 is 11.6 Å². The second-order valence-corrected chi connectivity index (χ2v) is 3.17. The highest BCUT2D eigenvalue weighted by atomic mass is 79.9. The lowest BCUT2D eigenvalue weighted by Crippen LogP contribution is -1.95. The molecular weight excluding hydrogens is 240 g/mol. The van der Waals surface area contributed by atoms with Gasteiger partial charge in [-0.15, -0.1) is 0 Å². The predicted molar refractivity (Wildman–Crippen MR) is 50.0 cm³/mol. The first-order valence-electron chi connectivity index (χ1n) is 3.48. The van der Waals surface area contributed by atoms with Gasteiger partial charge < -0.3 is 5.73 Å². The van der Waals surface area contributed by atoms with Gasteiger partial charge in [0.15, 0.2) is 0 Å². The summed E-state index contributed by atoms with van der Waals surface area (Å²) in [7, 11) is 0. The van der Waals surface area contributed by atoms with Crippen LogP contribution < -0.4 is 5.73 Å². The molecule has 0 unspecified atom stereocenters. The maximum atomic E-state index is 13.0. The van der Waals surface area contributed by atoms with E-state index in [9.17, 15) is 8.78 Å². The van der Waals surface area contributed by atoms with Crippen LogP contribution in [-0.4, -0.2) is 6.54 Å². The van der Waals surface area contributed by atoms with E-state index in [2.05, 4.69) is 27.8 Å². The highest BCUT2D eigenvalue weighted by Gasteiger charge is 2.07. The minimum absolute atomic E-state index is 0.0783. The van der Waals surface area contributed by atoms with E-state index in [1.165, 1.54) is 0 Å². The fraction of sp³-hybridized carbons (Fsp3) is 0.111. The van der Waals surface area contributed by atoms with Gasteiger partial charge in [0.05, 0.1) is 12.1 Å². The third-order valence-corrected chi connectivity index (χ3v) is 1.78. The molecule has 13 heavy (non-hydrogen) atoms. The maximum absolute atomic E-state index is 13.0. The van der Waals surface area contributed by atoms with Gasteiger partial charge in [0, 0.05) is 4.47 Å². The lowest BCUT2D eigenvalue weighted by atomic mass is 10.2. The lowest BCUT2D eigenvalue weighted by molar-refractivity contribution is 0.576. The predicted octanol–water partition coefficient (Wildman–Crippen LogP) is 2.04. The molecule has 0 radical (unpaired) electrons. The average Bonchev–Trinajstić information content (AvgIpc) is 2.02. The third-order valence-electron chi connectivity index (χ3n) is 1.32. The maximum Gasteiger partial charge on any atom is 0.142 e. The standard InChI is InChI=1S/C9H6BrF2N/c10-6-4-8(11)7(2-1-3-13)9(12)5-6/h4-5H,3,13H2. The van der Waals surface area contributed by atoms with Crippen molar-refractivity contribution in [3.8, 4) is 11.8 Å². The van der Waals surface area contributed by atoms with Crippen molar-refractivity contribution in [3.05, 3.63) is 33.8 Å². The van der Waals surface area contributed by atoms with Gasteiger partial charge in [-0.1, -0.05) is 27.8 Å². The summed E-state index contributed by atoms with van der Waals surface area (Å²) in [5.41, 5.74) is 4.84. The van der Waals surface area contributed by atoms with Gasteiger partial charge in [-0.3, -0.25) is 0 Å². The molecule has 1 rings (SSSR count). The molecule has 1 aromatic rings. The fourth-order valence-electron chi connectivity index (χ4n) is 0.801. The molecule has 0 bridgehead atoms. The van der Waals surface area contributed by atoms with Gasteiger partial charge >= 0.3 is 0 Å². The Hall–Kier alpha value is -0.920. The number of benzene rings is 1. The fourth-order valence-corrected chi connectivity index (χ4v) is 1.20. The molecule has 0 saturated carbocycles. The monoisotopic (exact) mass is 245 g/mol. The SMILES string of the molecule is NCC#Cc1c(F)cc(Br)cc1F. The van der Waals surface area contributed by atoms with Crippen LogP contribution in [0.15, 0.2) is 16.6 Å². The Morgan fingerprint density at radius 3 is 2.31 bits per heavy atom. The Balaban J connectivity index is 3.21. The molecule has 68 valence electrons. The van der Waals surface area contributed by atoms with E-state index >= 15 is 0 Å². The summed E-state index contributed by atoms with van der Waals surface area (Å²) in [6.45, 7) is 0.0783. The number of hydrogen-bond donors (Lipinski definition) is 1. The quantitative estimate of drug-likeness (QED) is 0.696. The van der Waals surface area contributed by atoms with Crippen molar-refractivity contribution in [1.82, 2.24) is 0 Å². The first-order chi connectivity index (χ1) is 6.15. The van der Waals surface area contributed by atoms with Gasteiger partial charge in [-0.2, -0.15) is 0 Å². The molecular formula is C9H6BrF2N. The van der Waals surface area contributed by atoms with Crippen molar-refractivity contribution < 1.29 is 8.78 Å². The van der Waals surface area contributed by atoms with Crippen LogP contribution in [0, 0.1) is 23.5 Å². The van der Waals surface area contributed by atoms with Crippen LogP contribution in [0.4, 0.5) is 8.78 Å². The Labute approximate surface area is 83.1 Å². The van der Waals surface area contributed by atoms with E-state index in [1.54, 1.807) is 0 Å². The van der Waals surface area contributed by atoms with Crippen LogP contribution in [0.5, 0.6) is 0 Å². The molecule has 0 aliphatic rings. The van der Waals surface area contributed by atoms with E-state index in [-0.39, 0.29) is 12.1 Å². The number of hydrogen-bond acceptors (Lipinski definition) is 1. The van der Waals surface area contributed by atoms with Crippen molar-refractivity contribution in [1.29, 1.82) is 0 Å². The van der Waals surface area contributed by atoms with Crippen LogP contribution in [0.3, 0.4) is 0 Å². The summed E-state index contributed by atoms with van der Waals surface area (Å²) in [5.74, 6) is 3.34. The number of rotatable bonds is 0. The topological polar surface area (TPSA) is 26.0 Å². The van der Waals surface area contributed by atoms with E-state index in [0.29, 0.717) is 4.47 Å². The van der Waals surface area contributed by atoms with Gasteiger partial charge in [0.2, 0.25) is 0 Å². The van der Waals surface area contributed by atoms with Gasteiger partial charge in [-0.25, -0.2) is 8.78 Å². The van der Waals surface area contributed by atoms with E-state index in [4.69, 9.17) is 5.73 Å². The lowest BCUT2D eigenvalue weighted by Gasteiger charge is -1.97. The molecule has 0 aliphatic heterocycles. The zero-order valence-electron chi connectivity index (χ0n) is 6.57. The highest BCUT2D eigenvalue weighted by Crippen LogP contribution is 2.18. The molecule has 0 fully saturated rings. The third kappa shape index (κ3) is 2.51. The molecule has 0 spiro atoms. The first-order valence-corrected chi connectivity index (χ1v) is 4.28. The Kier molecular flexibility index (Phi) is 3.40. The van der Waals surface area contributed by atoms with Crippen molar-refractivity contribution in [2.45, 2.75) is 0 Å². The van der Waals surface area contributed by atoms with Gasteiger partial charge in [0.1, 0.15) is 11.6 Å². The van der Waals surface area contributed by atoms with E-state index in [1.807, 2.05) is 0 Å². The molecule has 0 heterocycles. The second kappa shape index (κ2) is 4.35. The zero-order chi connectivity index (χ0) is 9.84. The molecule has 1 aromatic carbocycles. The summed E-state index contributed by atoms with van der Waals surface area (Å²) in [4.78, 5) is 0. The summed E-state index contributed by atoms with van der Waals surface area (Å²) in [6, 6.07) is 2.31. The van der Waals surface area contributed by atoms with Crippen LogP contribution in [-0.2, 0) is 0 Å². The Morgan fingerprint density at radius 2 is 1.85 bits per heavy atom. The van der Waals surface area contributed by atoms with Crippen molar-refractivity contribution >= 4 is 15.9 Å². The molecule has 0 aromatic heterocycles. The van der Waals surface area contributed by atoms with Crippen molar-refractivity contribution in [2.24, 2.45) is 5.73 Å². The van der Waals surface area contributed by atoms with Crippen molar-refractivity contribution in [2.75, 3.05) is 6.54 Å². The van der Waals surface area contributed by atoms with Crippen LogP contribution in [0.2, 0.25) is 0 Å². The minimum Gasteiger partial charge on any atom is -0.320 e. The first kappa shape index (κ1) is 10.2.